The molecule has 220 valence electrons. The van der Waals surface area contributed by atoms with Crippen LogP contribution in [0.3, 0.4) is 0 Å². The van der Waals surface area contributed by atoms with Crippen LogP contribution in [0.15, 0.2) is 67.0 Å². The van der Waals surface area contributed by atoms with Gasteiger partial charge in [0.25, 0.3) is 11.8 Å². The van der Waals surface area contributed by atoms with Gasteiger partial charge in [0.1, 0.15) is 0 Å². The SMILES string of the molecule is CCN1CCN(Cc2ccc(C(=O)Nc3cccc(Nc4ccc5c(c4)NC(=O)/C5=C\c4[nH]cnc4C)c3)cc2Cl)CC1. The number of hydrogen-bond acceptors (Lipinski definition) is 6. The van der Waals surface area contributed by atoms with E-state index in [0.717, 1.165) is 78.8 Å². The normalized spacial score (nSPS) is 16.3. The number of carbonyl (C=O) groups is 2. The Kier molecular flexibility index (Phi) is 8.29. The van der Waals surface area contributed by atoms with Crippen molar-refractivity contribution in [2.24, 2.45) is 0 Å². The molecule has 2 aliphatic rings. The van der Waals surface area contributed by atoms with E-state index in [0.29, 0.717) is 21.8 Å². The molecular weight excluding hydrogens is 562 g/mol. The molecule has 1 saturated heterocycles. The van der Waals surface area contributed by atoms with Gasteiger partial charge < -0.3 is 25.8 Å². The number of hydrogen-bond donors (Lipinski definition) is 4. The first kappa shape index (κ1) is 28.7. The molecule has 0 radical (unpaired) electrons. The highest BCUT2D eigenvalue weighted by molar-refractivity contribution is 6.35. The lowest BCUT2D eigenvalue weighted by Gasteiger charge is -2.34. The highest BCUT2D eigenvalue weighted by atomic mass is 35.5. The van der Waals surface area contributed by atoms with Gasteiger partial charge in [-0.3, -0.25) is 14.5 Å². The Hall–Kier alpha value is -4.44. The van der Waals surface area contributed by atoms with E-state index < -0.39 is 0 Å². The minimum Gasteiger partial charge on any atom is -0.355 e. The van der Waals surface area contributed by atoms with E-state index in [2.05, 4.69) is 42.6 Å². The third-order valence-electron chi connectivity index (χ3n) is 7.99. The molecule has 4 N–H and O–H groups in total. The number of benzene rings is 3. The summed E-state index contributed by atoms with van der Waals surface area (Å²) in [6.45, 7) is 10.1. The zero-order valence-corrected chi connectivity index (χ0v) is 25.0. The van der Waals surface area contributed by atoms with Crippen molar-refractivity contribution >= 4 is 57.8 Å². The van der Waals surface area contributed by atoms with Crippen LogP contribution < -0.4 is 16.0 Å². The minimum absolute atomic E-state index is 0.159. The maximum absolute atomic E-state index is 13.1. The fraction of sp³-hybridized carbons (Fsp3) is 0.242. The number of H-pyrrole nitrogens is 1. The second-order valence-corrected chi connectivity index (χ2v) is 11.3. The van der Waals surface area contributed by atoms with Gasteiger partial charge in [0.15, 0.2) is 0 Å². The highest BCUT2D eigenvalue weighted by Gasteiger charge is 2.25. The van der Waals surface area contributed by atoms with E-state index in [4.69, 9.17) is 11.6 Å². The molecule has 3 heterocycles. The molecular formula is C33H34ClN7O2. The molecule has 0 saturated carbocycles. The standard InChI is InChI=1S/C33H34ClN7O2/c1-3-40-11-13-41(14-12-40)19-23-8-7-22(15-29(23)34)32(42)38-25-6-4-5-24(16-25)37-26-9-10-27-28(33(43)39-31(27)17-26)18-30-21(2)35-20-36-30/h4-10,15-18,20,37H,3,11-14,19H2,1-2H3,(H,35,36)(H,38,42)(H,39,43)/b28-18-. The molecule has 3 aromatic carbocycles. The van der Waals surface area contributed by atoms with Crippen molar-refractivity contribution in [3.63, 3.8) is 0 Å². The predicted molar refractivity (Wildman–Crippen MR) is 173 cm³/mol. The van der Waals surface area contributed by atoms with Crippen LogP contribution in [0.4, 0.5) is 22.7 Å². The number of anilines is 4. The molecule has 1 aromatic heterocycles. The lowest BCUT2D eigenvalue weighted by atomic mass is 10.0. The van der Waals surface area contributed by atoms with E-state index in [1.807, 2.05) is 67.6 Å². The number of likely N-dealkylation sites (N-methyl/N-ethyl adjacent to an activating group) is 1. The molecule has 1 fully saturated rings. The van der Waals surface area contributed by atoms with Crippen molar-refractivity contribution in [3.8, 4) is 0 Å². The Bertz CT molecular complexity index is 1710. The van der Waals surface area contributed by atoms with Crippen LogP contribution in [-0.2, 0) is 11.3 Å². The van der Waals surface area contributed by atoms with Crippen molar-refractivity contribution in [3.05, 3.63) is 100 Å². The van der Waals surface area contributed by atoms with Crippen LogP contribution in [-0.4, -0.2) is 64.3 Å². The monoisotopic (exact) mass is 595 g/mol. The van der Waals surface area contributed by atoms with Crippen LogP contribution in [0.2, 0.25) is 5.02 Å². The molecule has 10 heteroatoms. The number of fused-ring (bicyclic) bond motifs is 1. The number of aryl methyl sites for hydroxylation is 1. The fourth-order valence-corrected chi connectivity index (χ4v) is 5.68. The summed E-state index contributed by atoms with van der Waals surface area (Å²) >= 11 is 6.61. The van der Waals surface area contributed by atoms with E-state index in [1.165, 1.54) is 0 Å². The molecule has 4 aromatic rings. The molecule has 2 aliphatic heterocycles. The van der Waals surface area contributed by atoms with Gasteiger partial charge in [0.2, 0.25) is 0 Å². The molecule has 43 heavy (non-hydrogen) atoms. The van der Waals surface area contributed by atoms with Gasteiger partial charge in [-0.05, 0) is 67.6 Å². The summed E-state index contributed by atoms with van der Waals surface area (Å²) in [7, 11) is 0. The molecule has 0 spiro atoms. The van der Waals surface area contributed by atoms with Crippen molar-refractivity contribution in [1.29, 1.82) is 0 Å². The van der Waals surface area contributed by atoms with Crippen molar-refractivity contribution in [2.45, 2.75) is 20.4 Å². The Balaban J connectivity index is 1.10. The van der Waals surface area contributed by atoms with E-state index >= 15 is 0 Å². The molecule has 6 rings (SSSR count). The second-order valence-electron chi connectivity index (χ2n) is 10.9. The molecule has 0 aliphatic carbocycles. The zero-order chi connectivity index (χ0) is 29.9. The maximum atomic E-state index is 13.1. The number of imidazole rings is 1. The Labute approximate surface area is 256 Å². The Morgan fingerprint density at radius 1 is 1.00 bits per heavy atom. The van der Waals surface area contributed by atoms with E-state index in [1.54, 1.807) is 12.4 Å². The van der Waals surface area contributed by atoms with Gasteiger partial charge in [-0.15, -0.1) is 0 Å². The number of rotatable bonds is 8. The smallest absolute Gasteiger partial charge is 0.256 e. The number of aromatic nitrogens is 2. The molecule has 0 atom stereocenters. The van der Waals surface area contributed by atoms with Crippen LogP contribution in [0.5, 0.6) is 0 Å². The number of carbonyl (C=O) groups excluding carboxylic acids is 2. The summed E-state index contributed by atoms with van der Waals surface area (Å²) in [6.07, 6.45) is 3.43. The first-order valence-corrected chi connectivity index (χ1v) is 14.8. The lowest BCUT2D eigenvalue weighted by molar-refractivity contribution is -0.110. The van der Waals surface area contributed by atoms with Crippen molar-refractivity contribution in [1.82, 2.24) is 19.8 Å². The van der Waals surface area contributed by atoms with Gasteiger partial charge in [0, 0.05) is 65.9 Å². The highest BCUT2D eigenvalue weighted by Crippen LogP contribution is 2.36. The molecule has 0 bridgehead atoms. The number of nitrogens with zero attached hydrogens (tertiary/aromatic N) is 3. The van der Waals surface area contributed by atoms with Gasteiger partial charge in [-0.25, -0.2) is 4.98 Å². The lowest BCUT2D eigenvalue weighted by Crippen LogP contribution is -2.45. The topological polar surface area (TPSA) is 105 Å². The van der Waals surface area contributed by atoms with Crippen LogP contribution >= 0.6 is 11.6 Å². The van der Waals surface area contributed by atoms with Crippen molar-refractivity contribution < 1.29 is 9.59 Å². The molecule has 0 unspecified atom stereocenters. The van der Waals surface area contributed by atoms with Crippen LogP contribution in [0.25, 0.3) is 11.6 Å². The maximum Gasteiger partial charge on any atom is 0.256 e. The summed E-state index contributed by atoms with van der Waals surface area (Å²) in [5, 5.41) is 9.88. The summed E-state index contributed by atoms with van der Waals surface area (Å²) in [6, 6.07) is 18.7. The van der Waals surface area contributed by atoms with E-state index in [9.17, 15) is 9.59 Å². The van der Waals surface area contributed by atoms with Gasteiger partial charge in [-0.2, -0.15) is 0 Å². The first-order chi connectivity index (χ1) is 20.9. The average molecular weight is 596 g/mol. The van der Waals surface area contributed by atoms with E-state index in [-0.39, 0.29) is 11.8 Å². The fourth-order valence-electron chi connectivity index (χ4n) is 5.44. The number of halogens is 1. The Morgan fingerprint density at radius 2 is 1.77 bits per heavy atom. The van der Waals surface area contributed by atoms with Gasteiger partial charge >= 0.3 is 0 Å². The summed E-state index contributed by atoms with van der Waals surface area (Å²) in [5.74, 6) is -0.386. The number of piperazine rings is 1. The Morgan fingerprint density at radius 3 is 2.51 bits per heavy atom. The second kappa shape index (κ2) is 12.4. The average Bonchev–Trinajstić information content (AvgIpc) is 3.55. The quantitative estimate of drug-likeness (QED) is 0.186. The number of amides is 2. The first-order valence-electron chi connectivity index (χ1n) is 14.5. The largest absolute Gasteiger partial charge is 0.355 e. The predicted octanol–water partition coefficient (Wildman–Crippen LogP) is 6.00. The zero-order valence-electron chi connectivity index (χ0n) is 24.2. The summed E-state index contributed by atoms with van der Waals surface area (Å²) in [4.78, 5) is 37.8. The summed E-state index contributed by atoms with van der Waals surface area (Å²) < 4.78 is 0. The van der Waals surface area contributed by atoms with Crippen LogP contribution in [0.1, 0.15) is 39.8 Å². The van der Waals surface area contributed by atoms with Gasteiger partial charge in [-0.1, -0.05) is 36.7 Å². The third kappa shape index (κ3) is 6.49. The third-order valence-corrected chi connectivity index (χ3v) is 8.34. The van der Waals surface area contributed by atoms with Gasteiger partial charge in [0.05, 0.1) is 29.0 Å². The number of aromatic amines is 1. The summed E-state index contributed by atoms with van der Waals surface area (Å²) in [5.41, 5.74) is 7.56. The van der Waals surface area contributed by atoms with Crippen molar-refractivity contribution in [2.75, 3.05) is 48.7 Å². The molecule has 2 amide bonds. The minimum atomic E-state index is -0.228. The molecule has 9 nitrogen and oxygen atoms in total. The number of nitrogens with one attached hydrogen (secondary N) is 4. The van der Waals surface area contributed by atoms with Crippen LogP contribution in [0, 0.1) is 6.92 Å².